The Labute approximate surface area is 109 Å². The third kappa shape index (κ3) is 2.67. The standard InChI is InChI=1S/C17H18O/c1-13(15-9-5-3-6-10-15)14(2)17(18)16-11-7-4-8-12-16/h3-9,11-12,15H,10H2,1-2H3. The van der Waals surface area contributed by atoms with Crippen LogP contribution in [0.5, 0.6) is 0 Å². The van der Waals surface area contributed by atoms with Crippen molar-refractivity contribution < 1.29 is 4.79 Å². The molecular weight excluding hydrogens is 220 g/mol. The second kappa shape index (κ2) is 5.63. The van der Waals surface area contributed by atoms with Crippen LogP contribution in [-0.4, -0.2) is 5.78 Å². The lowest BCUT2D eigenvalue weighted by atomic mass is 9.88. The first-order chi connectivity index (χ1) is 8.70. The highest BCUT2D eigenvalue weighted by atomic mass is 16.1. The largest absolute Gasteiger partial charge is 0.289 e. The molecule has 0 saturated carbocycles. The van der Waals surface area contributed by atoms with E-state index >= 15 is 0 Å². The summed E-state index contributed by atoms with van der Waals surface area (Å²) in [5, 5.41) is 0. The predicted octanol–water partition coefficient (Wildman–Crippen LogP) is 4.34. The lowest BCUT2D eigenvalue weighted by Crippen LogP contribution is -2.08. The van der Waals surface area contributed by atoms with Gasteiger partial charge in [0.05, 0.1) is 0 Å². The van der Waals surface area contributed by atoms with Crippen molar-refractivity contribution in [2.75, 3.05) is 0 Å². The van der Waals surface area contributed by atoms with E-state index in [1.807, 2.05) is 37.3 Å². The van der Waals surface area contributed by atoms with Crippen molar-refractivity contribution in [1.82, 2.24) is 0 Å². The summed E-state index contributed by atoms with van der Waals surface area (Å²) in [5.41, 5.74) is 2.81. The number of hydrogen-bond donors (Lipinski definition) is 0. The molecule has 1 aliphatic carbocycles. The number of hydrogen-bond acceptors (Lipinski definition) is 1. The lowest BCUT2D eigenvalue weighted by Gasteiger charge is -2.16. The molecule has 1 aromatic carbocycles. The topological polar surface area (TPSA) is 17.1 Å². The van der Waals surface area contributed by atoms with Crippen molar-refractivity contribution in [1.29, 1.82) is 0 Å². The van der Waals surface area contributed by atoms with Crippen molar-refractivity contribution >= 4 is 5.78 Å². The molecule has 0 aromatic heterocycles. The predicted molar refractivity (Wildman–Crippen MR) is 75.5 cm³/mol. The van der Waals surface area contributed by atoms with Crippen LogP contribution in [-0.2, 0) is 0 Å². The van der Waals surface area contributed by atoms with E-state index in [2.05, 4.69) is 31.2 Å². The number of ketones is 1. The number of rotatable bonds is 3. The summed E-state index contributed by atoms with van der Waals surface area (Å²) in [4.78, 5) is 12.3. The summed E-state index contributed by atoms with van der Waals surface area (Å²) in [5.74, 6) is 0.499. The summed E-state index contributed by atoms with van der Waals surface area (Å²) in [7, 11) is 0. The third-order valence-electron chi connectivity index (χ3n) is 3.50. The molecule has 0 N–H and O–H groups in total. The SMILES string of the molecule is CC(C(=O)c1ccccc1)=C(C)C1C=CC=CC1. The molecule has 0 spiro atoms. The molecule has 1 heteroatoms. The summed E-state index contributed by atoms with van der Waals surface area (Å²) >= 11 is 0. The molecule has 0 amide bonds. The average Bonchev–Trinajstić information content (AvgIpc) is 2.47. The molecular formula is C17H18O. The van der Waals surface area contributed by atoms with Crippen LogP contribution in [0.1, 0.15) is 30.6 Å². The number of allylic oxidation sites excluding steroid dienone is 6. The fourth-order valence-corrected chi connectivity index (χ4v) is 2.16. The van der Waals surface area contributed by atoms with Crippen molar-refractivity contribution in [2.45, 2.75) is 20.3 Å². The van der Waals surface area contributed by atoms with Crippen LogP contribution in [0.15, 0.2) is 65.8 Å². The van der Waals surface area contributed by atoms with Crippen LogP contribution in [0, 0.1) is 5.92 Å². The quantitative estimate of drug-likeness (QED) is 0.565. The van der Waals surface area contributed by atoms with Gasteiger partial charge in [0.1, 0.15) is 0 Å². The van der Waals surface area contributed by atoms with Gasteiger partial charge in [0.2, 0.25) is 0 Å². The highest BCUT2D eigenvalue weighted by molar-refractivity contribution is 6.08. The molecule has 0 aliphatic heterocycles. The smallest absolute Gasteiger partial charge is 0.188 e. The highest BCUT2D eigenvalue weighted by Gasteiger charge is 2.15. The van der Waals surface area contributed by atoms with E-state index in [4.69, 9.17) is 0 Å². The molecule has 1 atom stereocenters. The maximum Gasteiger partial charge on any atom is 0.188 e. The number of carbonyl (C=O) groups is 1. The van der Waals surface area contributed by atoms with Crippen molar-refractivity contribution in [3.63, 3.8) is 0 Å². The first-order valence-corrected chi connectivity index (χ1v) is 6.30. The molecule has 1 nitrogen and oxygen atoms in total. The monoisotopic (exact) mass is 238 g/mol. The van der Waals surface area contributed by atoms with Crippen LogP contribution in [0.3, 0.4) is 0 Å². The number of benzene rings is 1. The van der Waals surface area contributed by atoms with Gasteiger partial charge in [-0.05, 0) is 25.8 Å². The Balaban J connectivity index is 2.24. The van der Waals surface area contributed by atoms with Crippen molar-refractivity contribution in [2.24, 2.45) is 5.92 Å². The minimum Gasteiger partial charge on any atom is -0.289 e. The molecule has 1 aromatic rings. The van der Waals surface area contributed by atoms with E-state index in [1.165, 1.54) is 5.57 Å². The van der Waals surface area contributed by atoms with E-state index < -0.39 is 0 Å². The maximum atomic E-state index is 12.3. The van der Waals surface area contributed by atoms with E-state index in [1.54, 1.807) is 0 Å². The normalized spacial score (nSPS) is 19.6. The zero-order valence-electron chi connectivity index (χ0n) is 10.9. The fraction of sp³-hybridized carbons (Fsp3) is 0.235. The van der Waals surface area contributed by atoms with E-state index in [9.17, 15) is 4.79 Å². The second-order valence-corrected chi connectivity index (χ2v) is 4.66. The van der Waals surface area contributed by atoms with Gasteiger partial charge in [-0.25, -0.2) is 0 Å². The van der Waals surface area contributed by atoms with Crippen LogP contribution >= 0.6 is 0 Å². The Morgan fingerprint density at radius 1 is 1.11 bits per heavy atom. The van der Waals surface area contributed by atoms with Gasteiger partial charge >= 0.3 is 0 Å². The van der Waals surface area contributed by atoms with Crippen molar-refractivity contribution in [3.05, 3.63) is 71.3 Å². The fourth-order valence-electron chi connectivity index (χ4n) is 2.16. The van der Waals surface area contributed by atoms with Gasteiger partial charge in [0.15, 0.2) is 5.78 Å². The molecule has 92 valence electrons. The summed E-state index contributed by atoms with van der Waals surface area (Å²) in [6.07, 6.45) is 9.41. The zero-order valence-corrected chi connectivity index (χ0v) is 10.9. The third-order valence-corrected chi connectivity index (χ3v) is 3.50. The number of carbonyl (C=O) groups excluding carboxylic acids is 1. The van der Waals surface area contributed by atoms with Gasteiger partial charge in [0, 0.05) is 11.5 Å². The van der Waals surface area contributed by atoms with E-state index in [-0.39, 0.29) is 5.78 Å². The van der Waals surface area contributed by atoms with Gasteiger partial charge in [0.25, 0.3) is 0 Å². The van der Waals surface area contributed by atoms with Gasteiger partial charge < -0.3 is 0 Å². The zero-order chi connectivity index (χ0) is 13.0. The molecule has 0 bridgehead atoms. The van der Waals surface area contributed by atoms with Crippen LogP contribution in [0.4, 0.5) is 0 Å². The van der Waals surface area contributed by atoms with E-state index in [0.29, 0.717) is 5.92 Å². The Bertz CT molecular complexity index is 518. The summed E-state index contributed by atoms with van der Waals surface area (Å²) in [6, 6.07) is 9.47. The van der Waals surface area contributed by atoms with Crippen LogP contribution in [0.25, 0.3) is 0 Å². The Hall–Kier alpha value is -1.89. The first-order valence-electron chi connectivity index (χ1n) is 6.30. The molecule has 0 saturated heterocycles. The molecule has 0 radical (unpaired) electrons. The minimum absolute atomic E-state index is 0.135. The van der Waals surface area contributed by atoms with Gasteiger partial charge in [-0.2, -0.15) is 0 Å². The highest BCUT2D eigenvalue weighted by Crippen LogP contribution is 2.24. The average molecular weight is 238 g/mol. The molecule has 1 aliphatic rings. The van der Waals surface area contributed by atoms with E-state index in [0.717, 1.165) is 17.6 Å². The molecule has 1 unspecified atom stereocenters. The van der Waals surface area contributed by atoms with Crippen LogP contribution in [0.2, 0.25) is 0 Å². The van der Waals surface area contributed by atoms with Crippen molar-refractivity contribution in [3.8, 4) is 0 Å². The summed E-state index contributed by atoms with van der Waals surface area (Å²) < 4.78 is 0. The lowest BCUT2D eigenvalue weighted by molar-refractivity contribution is 0.103. The first kappa shape index (κ1) is 12.6. The van der Waals surface area contributed by atoms with Crippen LogP contribution < -0.4 is 0 Å². The molecule has 0 heterocycles. The van der Waals surface area contributed by atoms with Gasteiger partial charge in [-0.3, -0.25) is 4.79 Å². The Morgan fingerprint density at radius 2 is 1.83 bits per heavy atom. The Morgan fingerprint density at radius 3 is 2.44 bits per heavy atom. The summed E-state index contributed by atoms with van der Waals surface area (Å²) in [6.45, 7) is 3.99. The molecule has 2 rings (SSSR count). The maximum absolute atomic E-state index is 12.3. The number of Topliss-reactive ketones (excluding diaryl/α,β-unsaturated/α-hetero) is 1. The van der Waals surface area contributed by atoms with Gasteiger partial charge in [-0.1, -0.05) is 60.2 Å². The van der Waals surface area contributed by atoms with Gasteiger partial charge in [-0.15, -0.1) is 0 Å². The molecule has 0 fully saturated rings. The second-order valence-electron chi connectivity index (χ2n) is 4.66. The minimum atomic E-state index is 0.135. The molecule has 18 heavy (non-hydrogen) atoms. The Kier molecular flexibility index (Phi) is 3.93.